The molecule has 2 aromatic rings. The highest BCUT2D eigenvalue weighted by Gasteiger charge is 2.34. The van der Waals surface area contributed by atoms with Crippen molar-refractivity contribution in [1.82, 2.24) is 0 Å². The molecule has 4 rings (SSSR count). The van der Waals surface area contributed by atoms with Gasteiger partial charge in [0.2, 0.25) is 10.0 Å². The first-order valence-electron chi connectivity index (χ1n) is 8.23. The first-order valence-corrected chi connectivity index (χ1v) is 9.78. The summed E-state index contributed by atoms with van der Waals surface area (Å²) in [5, 5.41) is 5.16. The molecule has 1 aromatic heterocycles. The number of aromatic nitrogens is 1. The molecule has 8 heteroatoms. The Morgan fingerprint density at radius 2 is 1.92 bits per heavy atom. The normalized spacial score (nSPS) is 19.9. The minimum absolute atomic E-state index is 0.0753. The average Bonchev–Trinajstić information content (AvgIpc) is 3.10. The number of fused-ring (bicyclic) bond motifs is 1. The molecule has 2 aliphatic rings. The van der Waals surface area contributed by atoms with Crippen molar-refractivity contribution in [3.63, 3.8) is 0 Å². The molecule has 3 heterocycles. The number of hydrogen-bond donors (Lipinski definition) is 1. The van der Waals surface area contributed by atoms with Gasteiger partial charge in [0.15, 0.2) is 11.5 Å². The maximum atomic E-state index is 11.4. The van der Waals surface area contributed by atoms with Gasteiger partial charge in [-0.15, -0.1) is 0 Å². The standard InChI is InChI=1S/C17H19N3O4S/c18-25(21,22)13-4-6-17(19-11-13)20-7-1-2-14(20)12-3-5-15-16(10-12)24-9-8-23-15/h3-6,10-11,14H,1-2,7-9H2,(H2,18,21,22)/p+1/t14-/m0/s1. The van der Waals surface area contributed by atoms with Crippen LogP contribution in [-0.2, 0) is 10.0 Å². The number of primary sulfonamides is 1. The summed E-state index contributed by atoms with van der Waals surface area (Å²) in [7, 11) is -3.70. The molecule has 2 aliphatic heterocycles. The van der Waals surface area contributed by atoms with Crippen LogP contribution >= 0.6 is 0 Å². The average molecular weight is 362 g/mol. The minimum atomic E-state index is -3.70. The number of aromatic amines is 1. The third kappa shape index (κ3) is 3.14. The summed E-state index contributed by atoms with van der Waals surface area (Å²) in [5.41, 5.74) is 1.16. The van der Waals surface area contributed by atoms with Crippen LogP contribution in [0.2, 0.25) is 0 Å². The molecule has 0 radical (unpaired) electrons. The second kappa shape index (κ2) is 6.20. The van der Waals surface area contributed by atoms with Crippen molar-refractivity contribution in [3.8, 4) is 11.5 Å². The summed E-state index contributed by atoms with van der Waals surface area (Å²) in [6.45, 7) is 2.03. The van der Waals surface area contributed by atoms with Gasteiger partial charge in [0, 0.05) is 11.6 Å². The molecule has 25 heavy (non-hydrogen) atoms. The second-order valence-electron chi connectivity index (χ2n) is 6.21. The van der Waals surface area contributed by atoms with Crippen LogP contribution in [0.5, 0.6) is 11.5 Å². The molecule has 132 valence electrons. The van der Waals surface area contributed by atoms with Gasteiger partial charge in [-0.05, 0) is 31.0 Å². The van der Waals surface area contributed by atoms with E-state index < -0.39 is 10.0 Å². The molecule has 0 amide bonds. The van der Waals surface area contributed by atoms with Crippen molar-refractivity contribution in [2.45, 2.75) is 23.8 Å². The molecule has 7 nitrogen and oxygen atoms in total. The lowest BCUT2D eigenvalue weighted by molar-refractivity contribution is -0.367. The summed E-state index contributed by atoms with van der Waals surface area (Å²) >= 11 is 0. The highest BCUT2D eigenvalue weighted by Crippen LogP contribution is 2.39. The smallest absolute Gasteiger partial charge is 0.274 e. The molecule has 0 unspecified atom stereocenters. The zero-order chi connectivity index (χ0) is 17.4. The van der Waals surface area contributed by atoms with Gasteiger partial charge in [-0.3, -0.25) is 4.90 Å². The van der Waals surface area contributed by atoms with Gasteiger partial charge in [0.05, 0.1) is 6.54 Å². The Labute approximate surface area is 146 Å². The largest absolute Gasteiger partial charge is 0.486 e. The summed E-state index contributed by atoms with van der Waals surface area (Å²) in [6.07, 6.45) is 3.51. The summed E-state index contributed by atoms with van der Waals surface area (Å²) in [5.74, 6) is 2.43. The fraction of sp³-hybridized carbons (Fsp3) is 0.353. The Bertz CT molecular complexity index is 883. The maximum Gasteiger partial charge on any atom is 0.274 e. The van der Waals surface area contributed by atoms with Crippen LogP contribution in [0, 0.1) is 0 Å². The molecule has 1 aromatic carbocycles. The van der Waals surface area contributed by atoms with Gasteiger partial charge >= 0.3 is 0 Å². The van der Waals surface area contributed by atoms with Crippen molar-refractivity contribution in [1.29, 1.82) is 0 Å². The predicted octanol–water partition coefficient (Wildman–Crippen LogP) is 1.26. The third-order valence-corrected chi connectivity index (χ3v) is 5.52. The summed E-state index contributed by atoms with van der Waals surface area (Å²) in [6, 6.07) is 9.54. The number of pyridine rings is 1. The zero-order valence-electron chi connectivity index (χ0n) is 13.6. The van der Waals surface area contributed by atoms with E-state index in [1.54, 1.807) is 6.07 Å². The van der Waals surface area contributed by atoms with Crippen LogP contribution in [0.1, 0.15) is 24.4 Å². The first kappa shape index (κ1) is 16.2. The van der Waals surface area contributed by atoms with E-state index in [9.17, 15) is 8.42 Å². The highest BCUT2D eigenvalue weighted by molar-refractivity contribution is 7.89. The monoisotopic (exact) mass is 362 g/mol. The van der Waals surface area contributed by atoms with Crippen LogP contribution in [0.4, 0.5) is 5.82 Å². The van der Waals surface area contributed by atoms with E-state index >= 15 is 0 Å². The Balaban J connectivity index is 1.62. The van der Waals surface area contributed by atoms with E-state index in [2.05, 4.69) is 16.0 Å². The molecule has 0 aliphatic carbocycles. The molecule has 1 atom stereocenters. The second-order valence-corrected chi connectivity index (χ2v) is 7.77. The number of sulfonamides is 1. The van der Waals surface area contributed by atoms with Crippen LogP contribution in [0.3, 0.4) is 0 Å². The lowest BCUT2D eigenvalue weighted by atomic mass is 10.0. The quantitative estimate of drug-likeness (QED) is 0.887. The Morgan fingerprint density at radius 1 is 1.12 bits per heavy atom. The van der Waals surface area contributed by atoms with Crippen molar-refractivity contribution >= 4 is 15.8 Å². The van der Waals surface area contributed by atoms with Gasteiger partial charge in [-0.2, -0.15) is 0 Å². The number of nitrogens with two attached hydrogens (primary N) is 1. The van der Waals surface area contributed by atoms with Crippen LogP contribution < -0.4 is 24.5 Å². The van der Waals surface area contributed by atoms with Gasteiger partial charge in [-0.25, -0.2) is 18.5 Å². The Kier molecular flexibility index (Phi) is 4.01. The molecular weight excluding hydrogens is 342 g/mol. The predicted molar refractivity (Wildman–Crippen MR) is 91.1 cm³/mol. The Morgan fingerprint density at radius 3 is 2.64 bits per heavy atom. The molecule has 0 bridgehead atoms. The van der Waals surface area contributed by atoms with Crippen molar-refractivity contribution < 1.29 is 22.9 Å². The number of ether oxygens (including phenoxy) is 2. The number of nitrogens with one attached hydrogen (secondary N) is 1. The van der Waals surface area contributed by atoms with Crippen LogP contribution in [0.25, 0.3) is 0 Å². The van der Waals surface area contributed by atoms with E-state index in [1.807, 2.05) is 12.1 Å². The van der Waals surface area contributed by atoms with E-state index in [0.29, 0.717) is 13.2 Å². The summed E-state index contributed by atoms with van der Waals surface area (Å²) in [4.78, 5) is 5.37. The lowest BCUT2D eigenvalue weighted by Gasteiger charge is -2.23. The topological polar surface area (TPSA) is 96.0 Å². The Hall–Kier alpha value is -2.32. The highest BCUT2D eigenvalue weighted by atomic mass is 32.2. The van der Waals surface area contributed by atoms with Gasteiger partial charge < -0.3 is 9.47 Å². The fourth-order valence-corrected chi connectivity index (χ4v) is 3.91. The van der Waals surface area contributed by atoms with Gasteiger partial charge in [0.25, 0.3) is 5.82 Å². The number of anilines is 1. The van der Waals surface area contributed by atoms with E-state index in [1.165, 1.54) is 12.3 Å². The molecule has 3 N–H and O–H groups in total. The molecule has 0 spiro atoms. The minimum Gasteiger partial charge on any atom is -0.486 e. The number of hydrogen-bond acceptors (Lipinski definition) is 5. The van der Waals surface area contributed by atoms with Crippen LogP contribution in [0.15, 0.2) is 41.4 Å². The number of nitrogens with zero attached hydrogens (tertiary/aromatic N) is 1. The molecule has 1 fully saturated rings. The molecular formula is C17H20N3O4S+. The van der Waals surface area contributed by atoms with E-state index in [-0.39, 0.29) is 10.9 Å². The van der Waals surface area contributed by atoms with Crippen molar-refractivity contribution in [2.24, 2.45) is 5.14 Å². The van der Waals surface area contributed by atoms with Gasteiger partial charge in [0.1, 0.15) is 30.3 Å². The lowest BCUT2D eigenvalue weighted by Crippen LogP contribution is -2.29. The maximum absolute atomic E-state index is 11.4. The third-order valence-electron chi connectivity index (χ3n) is 4.61. The van der Waals surface area contributed by atoms with Crippen molar-refractivity contribution in [2.75, 3.05) is 24.7 Å². The van der Waals surface area contributed by atoms with E-state index in [0.717, 1.165) is 42.3 Å². The number of rotatable bonds is 3. The number of benzene rings is 1. The fourth-order valence-electron chi connectivity index (χ4n) is 3.43. The zero-order valence-corrected chi connectivity index (χ0v) is 14.5. The van der Waals surface area contributed by atoms with Crippen LogP contribution in [-0.4, -0.2) is 28.2 Å². The number of H-pyrrole nitrogens is 1. The van der Waals surface area contributed by atoms with Crippen molar-refractivity contribution in [3.05, 3.63) is 42.1 Å². The summed E-state index contributed by atoms with van der Waals surface area (Å²) < 4.78 is 34.1. The molecule has 1 saturated heterocycles. The van der Waals surface area contributed by atoms with Gasteiger partial charge in [-0.1, -0.05) is 6.07 Å². The first-order chi connectivity index (χ1) is 12.0. The SMILES string of the molecule is NS(=O)(=O)c1ccc(N2CCC[C@H]2c2ccc3c(c2)OCCO3)[nH+]c1. The molecule has 0 saturated carbocycles. The van der Waals surface area contributed by atoms with E-state index in [4.69, 9.17) is 14.6 Å².